The van der Waals surface area contributed by atoms with E-state index in [1.54, 1.807) is 0 Å². The molecule has 0 spiro atoms. The highest BCUT2D eigenvalue weighted by atomic mass is 16.1. The van der Waals surface area contributed by atoms with Gasteiger partial charge in [-0.05, 0) is 67.6 Å². The predicted octanol–water partition coefficient (Wildman–Crippen LogP) is 4.39. The van der Waals surface area contributed by atoms with Gasteiger partial charge >= 0.3 is 0 Å². The van der Waals surface area contributed by atoms with Crippen molar-refractivity contribution in [3.05, 3.63) is 71.3 Å². The first-order valence-electron chi connectivity index (χ1n) is 9.24. The molecule has 1 amide bonds. The summed E-state index contributed by atoms with van der Waals surface area (Å²) in [6.07, 6.45) is 7.04. The van der Waals surface area contributed by atoms with Crippen LogP contribution in [0.25, 0.3) is 0 Å². The minimum atomic E-state index is 0.127. The molecule has 0 aliphatic heterocycles. The zero-order valence-corrected chi connectivity index (χ0v) is 14.1. The molecule has 0 bridgehead atoms. The van der Waals surface area contributed by atoms with Crippen LogP contribution in [0.5, 0.6) is 0 Å². The van der Waals surface area contributed by atoms with Crippen molar-refractivity contribution in [2.24, 2.45) is 11.8 Å². The van der Waals surface area contributed by atoms with E-state index in [1.807, 2.05) is 24.3 Å². The Balaban J connectivity index is 1.45. The lowest BCUT2D eigenvalue weighted by Crippen LogP contribution is -2.38. The maximum atomic E-state index is 12.8. The van der Waals surface area contributed by atoms with Gasteiger partial charge < -0.3 is 5.32 Å². The SMILES string of the molecule is O=C(NC(C1CC1)C1CC1)c1ccccc1CCc1ccccc1. The fourth-order valence-corrected chi connectivity index (χ4v) is 3.64. The molecule has 2 heteroatoms. The van der Waals surface area contributed by atoms with Crippen molar-refractivity contribution >= 4 is 5.91 Å². The summed E-state index contributed by atoms with van der Waals surface area (Å²) >= 11 is 0. The van der Waals surface area contributed by atoms with Crippen LogP contribution < -0.4 is 5.32 Å². The van der Waals surface area contributed by atoms with E-state index in [9.17, 15) is 4.79 Å². The minimum Gasteiger partial charge on any atom is -0.349 e. The first-order chi connectivity index (χ1) is 11.8. The number of amides is 1. The molecule has 0 aromatic heterocycles. The van der Waals surface area contributed by atoms with Gasteiger partial charge in [-0.1, -0.05) is 48.5 Å². The fraction of sp³-hybridized carbons (Fsp3) is 0.409. The van der Waals surface area contributed by atoms with Gasteiger partial charge in [0.25, 0.3) is 5.91 Å². The van der Waals surface area contributed by atoms with Crippen LogP contribution in [0.2, 0.25) is 0 Å². The molecule has 0 heterocycles. The summed E-state index contributed by atoms with van der Waals surface area (Å²) < 4.78 is 0. The molecule has 1 N–H and O–H groups in total. The lowest BCUT2D eigenvalue weighted by atomic mass is 9.98. The first-order valence-corrected chi connectivity index (χ1v) is 9.24. The Morgan fingerprint density at radius 1 is 0.875 bits per heavy atom. The van der Waals surface area contributed by atoms with E-state index in [-0.39, 0.29) is 5.91 Å². The molecule has 24 heavy (non-hydrogen) atoms. The van der Waals surface area contributed by atoms with E-state index in [0.717, 1.165) is 35.8 Å². The lowest BCUT2D eigenvalue weighted by molar-refractivity contribution is 0.0925. The number of rotatable bonds is 7. The summed E-state index contributed by atoms with van der Waals surface area (Å²) in [7, 11) is 0. The van der Waals surface area contributed by atoms with Gasteiger partial charge in [0.05, 0.1) is 0 Å². The second-order valence-electron chi connectivity index (χ2n) is 7.32. The molecule has 0 saturated heterocycles. The van der Waals surface area contributed by atoms with Crippen LogP contribution in [0.1, 0.15) is 47.2 Å². The predicted molar refractivity (Wildman–Crippen MR) is 97.0 cm³/mol. The van der Waals surface area contributed by atoms with Gasteiger partial charge in [0, 0.05) is 11.6 Å². The number of aryl methyl sites for hydroxylation is 2. The van der Waals surface area contributed by atoms with Crippen molar-refractivity contribution in [2.75, 3.05) is 0 Å². The van der Waals surface area contributed by atoms with Gasteiger partial charge in [0.1, 0.15) is 0 Å². The Bertz CT molecular complexity index is 689. The normalized spacial score (nSPS) is 17.0. The number of hydrogen-bond acceptors (Lipinski definition) is 1. The molecule has 124 valence electrons. The summed E-state index contributed by atoms with van der Waals surface area (Å²) in [5, 5.41) is 3.36. The number of hydrogen-bond donors (Lipinski definition) is 1. The Labute approximate surface area is 144 Å². The van der Waals surface area contributed by atoms with Crippen LogP contribution in [-0.2, 0) is 12.8 Å². The number of carbonyl (C=O) groups is 1. The van der Waals surface area contributed by atoms with Crippen molar-refractivity contribution in [1.29, 1.82) is 0 Å². The summed E-state index contributed by atoms with van der Waals surface area (Å²) in [4.78, 5) is 12.8. The molecule has 2 aromatic rings. The zero-order valence-electron chi connectivity index (χ0n) is 14.1. The maximum absolute atomic E-state index is 12.8. The first kappa shape index (κ1) is 15.4. The lowest BCUT2D eigenvalue weighted by Gasteiger charge is -2.19. The summed E-state index contributed by atoms with van der Waals surface area (Å²) in [5.41, 5.74) is 3.34. The van der Waals surface area contributed by atoms with Crippen molar-refractivity contribution in [3.63, 3.8) is 0 Å². The second-order valence-corrected chi connectivity index (χ2v) is 7.32. The highest BCUT2D eigenvalue weighted by Crippen LogP contribution is 2.44. The second kappa shape index (κ2) is 6.80. The molecule has 2 aliphatic carbocycles. The molecule has 0 atom stereocenters. The number of nitrogens with one attached hydrogen (secondary N) is 1. The van der Waals surface area contributed by atoms with E-state index in [1.165, 1.54) is 31.2 Å². The molecule has 0 radical (unpaired) electrons. The highest BCUT2D eigenvalue weighted by molar-refractivity contribution is 5.96. The molecule has 0 unspecified atom stereocenters. The van der Waals surface area contributed by atoms with E-state index in [0.29, 0.717) is 6.04 Å². The van der Waals surface area contributed by atoms with E-state index < -0.39 is 0 Å². The van der Waals surface area contributed by atoms with Crippen LogP contribution in [0, 0.1) is 11.8 Å². The standard InChI is InChI=1S/C22H25NO/c24-22(23-21(18-12-13-18)19-14-15-19)20-9-5-4-8-17(20)11-10-16-6-2-1-3-7-16/h1-9,18-19,21H,10-15H2,(H,23,24). The van der Waals surface area contributed by atoms with Crippen molar-refractivity contribution in [3.8, 4) is 0 Å². The largest absolute Gasteiger partial charge is 0.349 e. The van der Waals surface area contributed by atoms with Gasteiger partial charge in [-0.2, -0.15) is 0 Å². The molecule has 2 fully saturated rings. The van der Waals surface area contributed by atoms with Gasteiger partial charge in [0.2, 0.25) is 0 Å². The molecule has 2 aliphatic rings. The Morgan fingerprint density at radius 3 is 2.17 bits per heavy atom. The van der Waals surface area contributed by atoms with Gasteiger partial charge in [-0.25, -0.2) is 0 Å². The van der Waals surface area contributed by atoms with E-state index in [2.05, 4.69) is 35.6 Å². The molecular weight excluding hydrogens is 294 g/mol. The molecule has 4 rings (SSSR count). The third-order valence-electron chi connectivity index (χ3n) is 5.35. The minimum absolute atomic E-state index is 0.127. The average molecular weight is 319 g/mol. The molecular formula is C22H25NO. The smallest absolute Gasteiger partial charge is 0.251 e. The van der Waals surface area contributed by atoms with Crippen LogP contribution in [-0.4, -0.2) is 11.9 Å². The summed E-state index contributed by atoms with van der Waals surface area (Å²) in [5.74, 6) is 1.60. The molecule has 2 aromatic carbocycles. The van der Waals surface area contributed by atoms with Crippen LogP contribution in [0.3, 0.4) is 0 Å². The average Bonchev–Trinajstić information content (AvgIpc) is 3.52. The van der Waals surface area contributed by atoms with E-state index >= 15 is 0 Å². The van der Waals surface area contributed by atoms with Crippen LogP contribution in [0.15, 0.2) is 54.6 Å². The Hall–Kier alpha value is -2.09. The van der Waals surface area contributed by atoms with E-state index in [4.69, 9.17) is 0 Å². The third-order valence-corrected chi connectivity index (χ3v) is 5.35. The Morgan fingerprint density at radius 2 is 1.50 bits per heavy atom. The molecule has 2 nitrogen and oxygen atoms in total. The van der Waals surface area contributed by atoms with Crippen molar-refractivity contribution in [1.82, 2.24) is 5.32 Å². The summed E-state index contributed by atoms with van der Waals surface area (Å²) in [6, 6.07) is 19.0. The van der Waals surface area contributed by atoms with Gasteiger partial charge in [0.15, 0.2) is 0 Å². The Kier molecular flexibility index (Phi) is 4.38. The van der Waals surface area contributed by atoms with Crippen molar-refractivity contribution in [2.45, 2.75) is 44.6 Å². The summed E-state index contributed by atoms with van der Waals surface area (Å²) in [6.45, 7) is 0. The maximum Gasteiger partial charge on any atom is 0.251 e. The van der Waals surface area contributed by atoms with Gasteiger partial charge in [-0.15, -0.1) is 0 Å². The number of benzene rings is 2. The fourth-order valence-electron chi connectivity index (χ4n) is 3.64. The zero-order chi connectivity index (χ0) is 16.4. The van der Waals surface area contributed by atoms with Crippen LogP contribution in [0.4, 0.5) is 0 Å². The highest BCUT2D eigenvalue weighted by Gasteiger charge is 2.42. The van der Waals surface area contributed by atoms with Crippen molar-refractivity contribution < 1.29 is 4.79 Å². The monoisotopic (exact) mass is 319 g/mol. The quantitative estimate of drug-likeness (QED) is 0.805. The topological polar surface area (TPSA) is 29.1 Å². The van der Waals surface area contributed by atoms with Gasteiger partial charge in [-0.3, -0.25) is 4.79 Å². The third kappa shape index (κ3) is 3.69. The number of carbonyl (C=O) groups excluding carboxylic acids is 1. The molecule has 2 saturated carbocycles. The van der Waals surface area contributed by atoms with Crippen LogP contribution >= 0.6 is 0 Å².